The maximum atomic E-state index is 11.1. The third-order valence-electron chi connectivity index (χ3n) is 3.46. The summed E-state index contributed by atoms with van der Waals surface area (Å²) in [5.74, 6) is -1.75. The van der Waals surface area contributed by atoms with Crippen LogP contribution < -0.4 is 64.2 Å². The number of rotatable bonds is 2. The average Bonchev–Trinajstić information content (AvgIpc) is 2.60. The van der Waals surface area contributed by atoms with E-state index >= 15 is 0 Å². The zero-order valence-corrected chi connectivity index (χ0v) is 13.9. The first-order valence-corrected chi connectivity index (χ1v) is 4.94. The van der Waals surface area contributed by atoms with Crippen LogP contribution >= 0.6 is 0 Å². The van der Waals surface area contributed by atoms with Gasteiger partial charge in [-0.15, -0.1) is 0 Å². The summed E-state index contributed by atoms with van der Waals surface area (Å²) in [6.45, 7) is 0. The minimum Gasteiger partial charge on any atom is -0.742 e. The van der Waals surface area contributed by atoms with E-state index in [4.69, 9.17) is 0 Å². The Labute approximate surface area is 139 Å². The Hall–Kier alpha value is 1.36. The molecule has 2 saturated carbocycles. The summed E-state index contributed by atoms with van der Waals surface area (Å²) in [7, 11) is 0. The van der Waals surface area contributed by atoms with E-state index < -0.39 is 17.8 Å². The molecule has 2 bridgehead atoms. The Kier molecular flexibility index (Phi) is 6.91. The maximum Gasteiger partial charge on any atom is 1.00 e. The predicted molar refractivity (Wildman–Crippen MR) is 45.2 cm³/mol. The second-order valence-electron chi connectivity index (χ2n) is 4.02. The molecule has 0 saturated heterocycles. The van der Waals surface area contributed by atoms with Crippen molar-refractivity contribution in [1.82, 2.24) is 0 Å². The fourth-order valence-corrected chi connectivity index (χ4v) is 3.31. The zero-order chi connectivity index (χ0) is 9.59. The van der Waals surface area contributed by atoms with Gasteiger partial charge < -0.3 is 27.3 Å². The number of carboxylic acids is 1. The van der Waals surface area contributed by atoms with Crippen molar-refractivity contribution in [2.45, 2.75) is 19.3 Å². The fourth-order valence-electron chi connectivity index (χ4n) is 2.97. The van der Waals surface area contributed by atoms with Gasteiger partial charge in [-0.2, -0.15) is 0 Å². The Morgan fingerprint density at radius 3 is 1.87 bits per heavy atom. The van der Waals surface area contributed by atoms with Gasteiger partial charge in [0.2, 0.25) is 0 Å². The van der Waals surface area contributed by atoms with Gasteiger partial charge in [-0.3, -0.25) is 0 Å². The van der Waals surface area contributed by atoms with Gasteiger partial charge in [0.05, 0.1) is 0 Å². The molecule has 0 spiro atoms. The number of carbonyl (C=O) groups excluding carboxylic acids is 2. The van der Waals surface area contributed by atoms with Crippen LogP contribution in [-0.4, -0.2) is 11.1 Å². The molecule has 3 nitrogen and oxygen atoms in total. The molecule has 15 heavy (non-hydrogen) atoms. The molecule has 0 aliphatic heterocycles. The molecular formula is C9H10Na2O3S. The Morgan fingerprint density at radius 2 is 1.53 bits per heavy atom. The molecule has 0 aromatic heterocycles. The van der Waals surface area contributed by atoms with Crippen molar-refractivity contribution in [3.05, 3.63) is 0 Å². The minimum absolute atomic E-state index is 0. The van der Waals surface area contributed by atoms with Gasteiger partial charge in [0.15, 0.2) is 0 Å². The van der Waals surface area contributed by atoms with Crippen LogP contribution in [0.15, 0.2) is 0 Å². The van der Waals surface area contributed by atoms with E-state index in [1.165, 1.54) is 0 Å². The van der Waals surface area contributed by atoms with Gasteiger partial charge in [0.1, 0.15) is 0 Å². The molecule has 2 aliphatic rings. The number of carbonyl (C=O) groups is 2. The van der Waals surface area contributed by atoms with E-state index in [1.54, 1.807) is 0 Å². The molecular weight excluding hydrogens is 234 g/mol. The van der Waals surface area contributed by atoms with Crippen LogP contribution in [0.3, 0.4) is 0 Å². The molecule has 0 amide bonds. The number of hydrogen-bond donors (Lipinski definition) is 0. The van der Waals surface area contributed by atoms with E-state index in [0.717, 1.165) is 19.3 Å². The van der Waals surface area contributed by atoms with Gasteiger partial charge in [-0.25, -0.2) is 0 Å². The summed E-state index contributed by atoms with van der Waals surface area (Å²) in [6.07, 6.45) is 2.73. The van der Waals surface area contributed by atoms with Crippen LogP contribution in [0.25, 0.3) is 0 Å². The smallest absolute Gasteiger partial charge is 0.742 e. The second-order valence-corrected chi connectivity index (χ2v) is 4.43. The summed E-state index contributed by atoms with van der Waals surface area (Å²) >= 11 is 4.57. The molecule has 4 atom stereocenters. The van der Waals surface area contributed by atoms with Crippen molar-refractivity contribution in [2.24, 2.45) is 23.7 Å². The number of hydrogen-bond acceptors (Lipinski definition) is 4. The maximum absolute atomic E-state index is 11.1. The number of fused-ring (bicyclic) bond motifs is 2. The molecule has 0 aromatic carbocycles. The van der Waals surface area contributed by atoms with Gasteiger partial charge in [-0.05, 0) is 31.1 Å². The van der Waals surface area contributed by atoms with Crippen LogP contribution in [0.1, 0.15) is 19.3 Å². The van der Waals surface area contributed by atoms with E-state index in [2.05, 4.69) is 12.6 Å². The molecule has 2 rings (SSSR count). The van der Waals surface area contributed by atoms with E-state index in [0.29, 0.717) is 0 Å². The van der Waals surface area contributed by atoms with Gasteiger partial charge >= 0.3 is 59.1 Å². The number of carboxylic acid groups (broad SMARTS) is 1. The molecule has 0 radical (unpaired) electrons. The number of aliphatic carboxylic acids is 1. The topological polar surface area (TPSA) is 57.2 Å². The van der Waals surface area contributed by atoms with Gasteiger partial charge in [-0.1, -0.05) is 0 Å². The molecule has 72 valence electrons. The van der Waals surface area contributed by atoms with Gasteiger partial charge in [0, 0.05) is 22.9 Å². The van der Waals surface area contributed by atoms with Crippen molar-refractivity contribution in [3.8, 4) is 0 Å². The van der Waals surface area contributed by atoms with Crippen LogP contribution in [0, 0.1) is 23.7 Å². The van der Waals surface area contributed by atoms with E-state index in [-0.39, 0.29) is 76.1 Å². The summed E-state index contributed by atoms with van der Waals surface area (Å²) in [5, 5.41) is 10.4. The van der Waals surface area contributed by atoms with Crippen molar-refractivity contribution in [1.29, 1.82) is 0 Å². The largest absolute Gasteiger partial charge is 1.00 e. The summed E-state index contributed by atoms with van der Waals surface area (Å²) in [5.41, 5.74) is 0. The van der Waals surface area contributed by atoms with Crippen LogP contribution in [0.2, 0.25) is 0 Å². The van der Waals surface area contributed by atoms with Crippen LogP contribution in [-0.2, 0) is 22.2 Å². The Bertz CT molecular complexity index is 246. The summed E-state index contributed by atoms with van der Waals surface area (Å²) in [4.78, 5) is 21.9. The van der Waals surface area contributed by atoms with E-state index in [9.17, 15) is 14.7 Å². The summed E-state index contributed by atoms with van der Waals surface area (Å²) < 4.78 is 0. The molecule has 6 heteroatoms. The zero-order valence-electron chi connectivity index (χ0n) is 9.06. The summed E-state index contributed by atoms with van der Waals surface area (Å²) in [6, 6.07) is 0. The first-order valence-electron chi connectivity index (χ1n) is 4.53. The normalized spacial score (nSPS) is 36.5. The molecule has 0 aromatic rings. The first kappa shape index (κ1) is 16.4. The predicted octanol–water partition coefficient (Wildman–Crippen LogP) is -6.52. The molecule has 0 N–H and O–H groups in total. The van der Waals surface area contributed by atoms with Crippen molar-refractivity contribution in [3.63, 3.8) is 0 Å². The standard InChI is InChI=1S/C9H12O3S.2Na/c10-8(11)6-4-1-2-5(3-4)7(6)9(12)13;;/h4-7H,1-3H2,(H,10,11)(H,12,13);;/q;2*+1/p-2. The monoisotopic (exact) mass is 244 g/mol. The van der Waals surface area contributed by atoms with Gasteiger partial charge in [0.25, 0.3) is 0 Å². The first-order chi connectivity index (χ1) is 6.11. The molecule has 4 unspecified atom stereocenters. The Morgan fingerprint density at radius 1 is 1.07 bits per heavy atom. The second kappa shape index (κ2) is 6.34. The van der Waals surface area contributed by atoms with Crippen molar-refractivity contribution < 1.29 is 73.8 Å². The molecule has 2 fully saturated rings. The average molecular weight is 244 g/mol. The molecule has 0 heterocycles. The fraction of sp³-hybridized carbons (Fsp3) is 0.778. The van der Waals surface area contributed by atoms with Crippen molar-refractivity contribution in [2.75, 3.05) is 0 Å². The van der Waals surface area contributed by atoms with Crippen LogP contribution in [0.5, 0.6) is 0 Å². The quantitative estimate of drug-likeness (QED) is 0.358. The third kappa shape index (κ3) is 2.97. The minimum atomic E-state index is -1.09. The van der Waals surface area contributed by atoms with Crippen molar-refractivity contribution >= 4 is 23.7 Å². The molecule has 2 aliphatic carbocycles. The SMILES string of the molecule is O=C([O-])C1C2CCC(C2)C1C(=O)[S-].[Na+].[Na+]. The van der Waals surface area contributed by atoms with E-state index in [1.807, 2.05) is 0 Å². The van der Waals surface area contributed by atoms with Crippen LogP contribution in [0.4, 0.5) is 0 Å². The Balaban J connectivity index is 0.000000980. The third-order valence-corrected chi connectivity index (χ3v) is 3.73.